The number of carbonyl (C=O) groups is 1. The molecule has 0 heterocycles. The van der Waals surface area contributed by atoms with Crippen molar-refractivity contribution in [2.24, 2.45) is 0 Å². The van der Waals surface area contributed by atoms with Gasteiger partial charge in [-0.3, -0.25) is 5.32 Å². The van der Waals surface area contributed by atoms with Gasteiger partial charge >= 0.3 is 6.09 Å². The number of rotatable bonds is 7. The highest BCUT2D eigenvalue weighted by Crippen LogP contribution is 2.38. The van der Waals surface area contributed by atoms with E-state index in [0.717, 1.165) is 11.1 Å². The van der Waals surface area contributed by atoms with Gasteiger partial charge in [0.25, 0.3) is 0 Å². The number of amides is 1. The van der Waals surface area contributed by atoms with E-state index in [9.17, 15) is 4.79 Å². The summed E-state index contributed by atoms with van der Waals surface area (Å²) in [7, 11) is 6.25. The minimum absolute atomic E-state index is 0.513. The minimum atomic E-state index is -0.596. The van der Waals surface area contributed by atoms with Crippen LogP contribution in [0.2, 0.25) is 0 Å². The Bertz CT molecular complexity index is 889. The number of benzene rings is 2. The van der Waals surface area contributed by atoms with Crippen LogP contribution in [0, 0.1) is 0 Å². The van der Waals surface area contributed by atoms with E-state index in [-0.39, 0.29) is 0 Å². The molecule has 162 valence electrons. The van der Waals surface area contributed by atoms with Crippen molar-refractivity contribution in [1.82, 2.24) is 0 Å². The topological polar surface area (TPSA) is 75.3 Å². The van der Waals surface area contributed by atoms with Gasteiger partial charge in [0.05, 0.1) is 34.1 Å². The zero-order chi connectivity index (χ0) is 22.3. The van der Waals surface area contributed by atoms with E-state index >= 15 is 0 Å². The molecule has 0 unspecified atom stereocenters. The van der Waals surface area contributed by atoms with Crippen molar-refractivity contribution in [1.29, 1.82) is 0 Å². The van der Waals surface area contributed by atoms with Gasteiger partial charge in [-0.2, -0.15) is 0 Å². The molecule has 0 aliphatic heterocycles. The maximum absolute atomic E-state index is 12.1. The van der Waals surface area contributed by atoms with Crippen LogP contribution >= 0.6 is 0 Å². The average Bonchev–Trinajstić information content (AvgIpc) is 2.69. The summed E-state index contributed by atoms with van der Waals surface area (Å²) >= 11 is 0. The quantitative estimate of drug-likeness (QED) is 0.624. The SMILES string of the molecule is COc1ccc(/C=C\c2cc(OC)c(OC)c(OC)c2)cc1NC(=O)OC(C)(C)C. The molecular weight excluding hydrogens is 386 g/mol. The maximum atomic E-state index is 12.1. The number of ether oxygens (including phenoxy) is 5. The first-order chi connectivity index (χ1) is 14.2. The first kappa shape index (κ1) is 22.9. The van der Waals surface area contributed by atoms with Gasteiger partial charge in [0.2, 0.25) is 5.75 Å². The van der Waals surface area contributed by atoms with Crippen LogP contribution < -0.4 is 24.3 Å². The molecule has 30 heavy (non-hydrogen) atoms. The molecule has 0 aromatic heterocycles. The first-order valence-electron chi connectivity index (χ1n) is 9.37. The van der Waals surface area contributed by atoms with Gasteiger partial charge < -0.3 is 23.7 Å². The van der Waals surface area contributed by atoms with Crippen molar-refractivity contribution in [2.45, 2.75) is 26.4 Å². The van der Waals surface area contributed by atoms with Crippen LogP contribution in [0.15, 0.2) is 30.3 Å². The number of nitrogens with one attached hydrogen (secondary N) is 1. The molecule has 7 heteroatoms. The Morgan fingerprint density at radius 3 is 1.87 bits per heavy atom. The Morgan fingerprint density at radius 2 is 1.37 bits per heavy atom. The molecule has 0 bridgehead atoms. The largest absolute Gasteiger partial charge is 0.495 e. The monoisotopic (exact) mass is 415 g/mol. The third kappa shape index (κ3) is 6.07. The third-order valence-corrected chi connectivity index (χ3v) is 4.01. The molecule has 0 saturated carbocycles. The zero-order valence-electron chi connectivity index (χ0n) is 18.5. The second-order valence-electron chi connectivity index (χ2n) is 7.38. The molecule has 2 aromatic carbocycles. The van der Waals surface area contributed by atoms with Crippen molar-refractivity contribution in [3.05, 3.63) is 41.5 Å². The molecule has 0 spiro atoms. The van der Waals surface area contributed by atoms with Gasteiger partial charge in [-0.1, -0.05) is 18.2 Å². The highest BCUT2D eigenvalue weighted by atomic mass is 16.6. The fraction of sp³-hybridized carbons (Fsp3) is 0.348. The minimum Gasteiger partial charge on any atom is -0.495 e. The summed E-state index contributed by atoms with van der Waals surface area (Å²) in [5.74, 6) is 2.20. The highest BCUT2D eigenvalue weighted by Gasteiger charge is 2.17. The molecule has 0 aliphatic rings. The van der Waals surface area contributed by atoms with Crippen LogP contribution in [0.25, 0.3) is 12.2 Å². The zero-order valence-corrected chi connectivity index (χ0v) is 18.5. The summed E-state index contributed by atoms with van der Waals surface area (Å²) in [6.07, 6.45) is 3.26. The number of hydrogen-bond donors (Lipinski definition) is 1. The Morgan fingerprint density at radius 1 is 0.800 bits per heavy atom. The normalized spacial score (nSPS) is 11.2. The lowest BCUT2D eigenvalue weighted by atomic mass is 10.1. The molecule has 0 radical (unpaired) electrons. The summed E-state index contributed by atoms with van der Waals surface area (Å²) < 4.78 is 26.8. The van der Waals surface area contributed by atoms with E-state index < -0.39 is 11.7 Å². The second-order valence-corrected chi connectivity index (χ2v) is 7.38. The van der Waals surface area contributed by atoms with Crippen LogP contribution in [0.5, 0.6) is 23.0 Å². The Kier molecular flexibility index (Phi) is 7.58. The van der Waals surface area contributed by atoms with E-state index in [1.807, 2.05) is 30.4 Å². The molecule has 0 saturated heterocycles. The van der Waals surface area contributed by atoms with Crippen LogP contribution in [0.4, 0.5) is 10.5 Å². The van der Waals surface area contributed by atoms with Crippen LogP contribution in [0.3, 0.4) is 0 Å². The Labute approximate surface area is 177 Å². The van der Waals surface area contributed by atoms with Gasteiger partial charge in [0, 0.05) is 0 Å². The predicted octanol–water partition coefficient (Wildman–Crippen LogP) is 5.24. The number of anilines is 1. The van der Waals surface area contributed by atoms with Crippen molar-refractivity contribution < 1.29 is 28.5 Å². The van der Waals surface area contributed by atoms with Crippen molar-refractivity contribution in [3.8, 4) is 23.0 Å². The molecule has 2 rings (SSSR count). The lowest BCUT2D eigenvalue weighted by Crippen LogP contribution is -2.27. The smallest absolute Gasteiger partial charge is 0.412 e. The van der Waals surface area contributed by atoms with E-state index in [4.69, 9.17) is 23.7 Å². The van der Waals surface area contributed by atoms with E-state index in [2.05, 4.69) is 5.32 Å². The second kappa shape index (κ2) is 9.91. The lowest BCUT2D eigenvalue weighted by molar-refractivity contribution is 0.0635. The fourth-order valence-electron chi connectivity index (χ4n) is 2.73. The first-order valence-corrected chi connectivity index (χ1v) is 9.37. The summed E-state index contributed by atoms with van der Waals surface area (Å²) in [5.41, 5.74) is 1.64. The molecular formula is C23H29NO6. The summed E-state index contributed by atoms with van der Waals surface area (Å²) in [4.78, 5) is 12.1. The van der Waals surface area contributed by atoms with Crippen LogP contribution in [0.1, 0.15) is 31.9 Å². The lowest BCUT2D eigenvalue weighted by Gasteiger charge is -2.20. The van der Waals surface area contributed by atoms with Crippen LogP contribution in [-0.4, -0.2) is 40.1 Å². The third-order valence-electron chi connectivity index (χ3n) is 4.01. The van der Waals surface area contributed by atoms with Crippen molar-refractivity contribution in [3.63, 3.8) is 0 Å². The molecule has 0 aliphatic carbocycles. The fourth-order valence-corrected chi connectivity index (χ4v) is 2.73. The summed E-state index contributed by atoms with van der Waals surface area (Å²) in [6, 6.07) is 9.16. The molecule has 7 nitrogen and oxygen atoms in total. The Hall–Kier alpha value is -3.35. The summed E-state index contributed by atoms with van der Waals surface area (Å²) in [5, 5.41) is 2.73. The van der Waals surface area contributed by atoms with Crippen molar-refractivity contribution >= 4 is 23.9 Å². The van der Waals surface area contributed by atoms with E-state index in [0.29, 0.717) is 28.7 Å². The van der Waals surface area contributed by atoms with E-state index in [1.165, 1.54) is 0 Å². The predicted molar refractivity (Wildman–Crippen MR) is 118 cm³/mol. The molecule has 1 amide bonds. The number of methoxy groups -OCH3 is 4. The van der Waals surface area contributed by atoms with E-state index in [1.54, 1.807) is 61.3 Å². The van der Waals surface area contributed by atoms with Crippen LogP contribution in [-0.2, 0) is 4.74 Å². The Balaban J connectivity index is 2.30. The standard InChI is InChI=1S/C23H29NO6/c1-23(2,3)30-22(25)24-17-12-15(10-11-18(17)26-4)8-9-16-13-19(27-5)21(29-7)20(14-16)28-6/h8-14H,1-7H3,(H,24,25)/b9-8-. The van der Waals surface area contributed by atoms with Gasteiger partial charge in [-0.15, -0.1) is 0 Å². The number of carbonyl (C=O) groups excluding carboxylic acids is 1. The summed E-state index contributed by atoms with van der Waals surface area (Å²) in [6.45, 7) is 5.42. The number of hydrogen-bond acceptors (Lipinski definition) is 6. The van der Waals surface area contributed by atoms with Gasteiger partial charge in [0.15, 0.2) is 11.5 Å². The maximum Gasteiger partial charge on any atom is 0.412 e. The van der Waals surface area contributed by atoms with Gasteiger partial charge in [0.1, 0.15) is 11.4 Å². The average molecular weight is 415 g/mol. The molecule has 0 fully saturated rings. The van der Waals surface area contributed by atoms with Gasteiger partial charge in [-0.05, 0) is 56.2 Å². The highest BCUT2D eigenvalue weighted by molar-refractivity contribution is 5.88. The molecule has 1 N–H and O–H groups in total. The molecule has 2 aromatic rings. The van der Waals surface area contributed by atoms with Crippen molar-refractivity contribution in [2.75, 3.05) is 33.8 Å². The molecule has 0 atom stereocenters. The van der Waals surface area contributed by atoms with Gasteiger partial charge in [-0.25, -0.2) is 4.79 Å².